The minimum Gasteiger partial charge on any atom is -0.494 e. The number of amides is 1. The molecule has 29 heavy (non-hydrogen) atoms. The van der Waals surface area contributed by atoms with Crippen molar-refractivity contribution in [3.05, 3.63) is 65.5 Å². The van der Waals surface area contributed by atoms with Crippen molar-refractivity contribution in [3.8, 4) is 5.75 Å². The molecule has 0 unspecified atom stereocenters. The standard InChI is InChI=1S/C22H25FN2O3.ClH/c1-28-21-9-7-16(11-19(21)23)20(26)8-10-22(27)25-13-17(12-24)18(14-25)15-5-3-2-4-6-15;/h2-7,9,11,17-18H,8,10,12-14,24H2,1H3;1H/t17-,18+;/m1./s1. The van der Waals surface area contributed by atoms with E-state index in [0.717, 1.165) is 6.07 Å². The van der Waals surface area contributed by atoms with Crippen LogP contribution in [-0.4, -0.2) is 43.3 Å². The summed E-state index contributed by atoms with van der Waals surface area (Å²) >= 11 is 0. The summed E-state index contributed by atoms with van der Waals surface area (Å²) in [5.74, 6) is -0.414. The third-order valence-electron chi connectivity index (χ3n) is 5.36. The lowest BCUT2D eigenvalue weighted by atomic mass is 9.89. The van der Waals surface area contributed by atoms with Gasteiger partial charge in [0.05, 0.1) is 7.11 Å². The first kappa shape index (κ1) is 22.8. The fraction of sp³-hybridized carbons (Fsp3) is 0.364. The molecule has 2 aromatic carbocycles. The zero-order valence-electron chi connectivity index (χ0n) is 16.3. The highest BCUT2D eigenvalue weighted by Gasteiger charge is 2.35. The second-order valence-corrected chi connectivity index (χ2v) is 7.08. The Kier molecular flexibility index (Phi) is 8.17. The number of benzene rings is 2. The van der Waals surface area contributed by atoms with Crippen LogP contribution in [0.2, 0.25) is 0 Å². The molecule has 3 rings (SSSR count). The largest absolute Gasteiger partial charge is 0.494 e. The maximum absolute atomic E-state index is 13.8. The van der Waals surface area contributed by atoms with Crippen molar-refractivity contribution in [1.82, 2.24) is 4.90 Å². The topological polar surface area (TPSA) is 72.6 Å². The number of nitrogens with two attached hydrogens (primary N) is 1. The van der Waals surface area contributed by atoms with E-state index in [9.17, 15) is 14.0 Å². The number of carbonyl (C=O) groups excluding carboxylic acids is 2. The number of nitrogens with zero attached hydrogens (tertiary/aromatic N) is 1. The fourth-order valence-electron chi connectivity index (χ4n) is 3.75. The number of rotatable bonds is 7. The van der Waals surface area contributed by atoms with Gasteiger partial charge in [0.25, 0.3) is 0 Å². The third kappa shape index (κ3) is 5.34. The van der Waals surface area contributed by atoms with Gasteiger partial charge in [-0.15, -0.1) is 12.4 Å². The summed E-state index contributed by atoms with van der Waals surface area (Å²) in [6, 6.07) is 14.1. The minimum atomic E-state index is -0.587. The van der Waals surface area contributed by atoms with Gasteiger partial charge in [-0.1, -0.05) is 30.3 Å². The smallest absolute Gasteiger partial charge is 0.223 e. The van der Waals surface area contributed by atoms with Crippen molar-refractivity contribution in [1.29, 1.82) is 0 Å². The first-order valence-corrected chi connectivity index (χ1v) is 9.43. The lowest BCUT2D eigenvalue weighted by molar-refractivity contribution is -0.130. The number of carbonyl (C=O) groups is 2. The first-order valence-electron chi connectivity index (χ1n) is 9.43. The predicted molar refractivity (Wildman–Crippen MR) is 112 cm³/mol. The van der Waals surface area contributed by atoms with Crippen LogP contribution in [0.4, 0.5) is 4.39 Å². The van der Waals surface area contributed by atoms with Gasteiger partial charge in [0.15, 0.2) is 17.3 Å². The predicted octanol–water partition coefficient (Wildman–Crippen LogP) is 3.42. The molecule has 0 aliphatic carbocycles. The van der Waals surface area contributed by atoms with Crippen LogP contribution in [0.25, 0.3) is 0 Å². The van der Waals surface area contributed by atoms with Crippen molar-refractivity contribution in [2.45, 2.75) is 18.8 Å². The van der Waals surface area contributed by atoms with Gasteiger partial charge in [-0.05, 0) is 36.2 Å². The minimum absolute atomic E-state index is 0. The van der Waals surface area contributed by atoms with Crippen LogP contribution in [0.3, 0.4) is 0 Å². The van der Waals surface area contributed by atoms with E-state index >= 15 is 0 Å². The molecule has 0 saturated carbocycles. The number of hydrogen-bond acceptors (Lipinski definition) is 4. The van der Waals surface area contributed by atoms with E-state index in [1.807, 2.05) is 18.2 Å². The molecule has 0 bridgehead atoms. The molecule has 1 amide bonds. The van der Waals surface area contributed by atoms with Gasteiger partial charge in [0, 0.05) is 37.4 Å². The third-order valence-corrected chi connectivity index (χ3v) is 5.36. The summed E-state index contributed by atoms with van der Waals surface area (Å²) in [5, 5.41) is 0. The van der Waals surface area contributed by atoms with Gasteiger partial charge in [-0.2, -0.15) is 0 Å². The number of halogens is 2. The van der Waals surface area contributed by atoms with Crippen molar-refractivity contribution in [2.24, 2.45) is 11.7 Å². The average Bonchev–Trinajstić information content (AvgIpc) is 3.17. The van der Waals surface area contributed by atoms with Crippen molar-refractivity contribution in [3.63, 3.8) is 0 Å². The Bertz CT molecular complexity index is 847. The zero-order valence-corrected chi connectivity index (χ0v) is 17.2. The molecule has 1 aliphatic heterocycles. The maximum Gasteiger partial charge on any atom is 0.223 e. The van der Waals surface area contributed by atoms with Gasteiger partial charge in [-0.3, -0.25) is 9.59 Å². The summed E-state index contributed by atoms with van der Waals surface area (Å²) in [5.41, 5.74) is 7.35. The molecule has 0 radical (unpaired) electrons. The molecular weight excluding hydrogens is 395 g/mol. The summed E-state index contributed by atoms with van der Waals surface area (Å²) in [6.07, 6.45) is 0.148. The van der Waals surface area contributed by atoms with Gasteiger partial charge in [-0.25, -0.2) is 4.39 Å². The second-order valence-electron chi connectivity index (χ2n) is 7.08. The number of ether oxygens (including phenoxy) is 1. The average molecular weight is 421 g/mol. The second kappa shape index (κ2) is 10.4. The van der Waals surface area contributed by atoms with Crippen LogP contribution >= 0.6 is 12.4 Å². The van der Waals surface area contributed by atoms with Crippen LogP contribution < -0.4 is 10.5 Å². The monoisotopic (exact) mass is 420 g/mol. The number of Topliss-reactive ketones (excluding diaryl/α,β-unsaturated/α-hetero) is 1. The van der Waals surface area contributed by atoms with E-state index in [2.05, 4.69) is 12.1 Å². The highest BCUT2D eigenvalue weighted by molar-refractivity contribution is 5.98. The van der Waals surface area contributed by atoms with Crippen LogP contribution in [0, 0.1) is 11.7 Å². The molecule has 1 aliphatic rings. The van der Waals surface area contributed by atoms with E-state index in [-0.39, 0.29) is 60.1 Å². The quantitative estimate of drug-likeness (QED) is 0.696. The molecule has 2 aromatic rings. The fourth-order valence-corrected chi connectivity index (χ4v) is 3.75. The maximum atomic E-state index is 13.8. The Morgan fingerprint density at radius 1 is 1.14 bits per heavy atom. The molecule has 2 N–H and O–H groups in total. The first-order chi connectivity index (χ1) is 13.5. The van der Waals surface area contributed by atoms with Crippen molar-refractivity contribution >= 4 is 24.1 Å². The molecule has 156 valence electrons. The molecule has 1 heterocycles. The summed E-state index contributed by atoms with van der Waals surface area (Å²) in [7, 11) is 1.37. The zero-order chi connectivity index (χ0) is 20.1. The molecule has 1 saturated heterocycles. The SMILES string of the molecule is COc1ccc(C(=O)CCC(=O)N2C[C@@H](CN)[C@H](c3ccccc3)C2)cc1F.Cl. The summed E-state index contributed by atoms with van der Waals surface area (Å²) in [4.78, 5) is 26.7. The number of hydrogen-bond donors (Lipinski definition) is 1. The summed E-state index contributed by atoms with van der Waals surface area (Å²) < 4.78 is 18.6. The lowest BCUT2D eigenvalue weighted by Crippen LogP contribution is -2.30. The Labute approximate surface area is 176 Å². The molecule has 0 spiro atoms. The van der Waals surface area contributed by atoms with Gasteiger partial charge >= 0.3 is 0 Å². The summed E-state index contributed by atoms with van der Waals surface area (Å²) in [6.45, 7) is 1.71. The van der Waals surface area contributed by atoms with E-state index in [1.165, 1.54) is 24.8 Å². The van der Waals surface area contributed by atoms with E-state index in [1.54, 1.807) is 4.90 Å². The van der Waals surface area contributed by atoms with Gasteiger partial charge < -0.3 is 15.4 Å². The number of ketones is 1. The Hall–Kier alpha value is -2.44. The normalized spacial score (nSPS) is 18.2. The van der Waals surface area contributed by atoms with Crippen LogP contribution in [0.1, 0.15) is 34.7 Å². The van der Waals surface area contributed by atoms with Gasteiger partial charge in [0.2, 0.25) is 5.91 Å². The lowest BCUT2D eigenvalue weighted by Gasteiger charge is -2.16. The molecular formula is C22H26ClFN2O3. The molecule has 0 aromatic heterocycles. The highest BCUT2D eigenvalue weighted by Crippen LogP contribution is 2.32. The van der Waals surface area contributed by atoms with E-state index < -0.39 is 5.82 Å². The van der Waals surface area contributed by atoms with Gasteiger partial charge in [0.1, 0.15) is 0 Å². The molecule has 2 atom stereocenters. The van der Waals surface area contributed by atoms with Crippen LogP contribution in [0.15, 0.2) is 48.5 Å². The van der Waals surface area contributed by atoms with Crippen LogP contribution in [0.5, 0.6) is 5.75 Å². The Morgan fingerprint density at radius 2 is 1.86 bits per heavy atom. The van der Waals surface area contributed by atoms with Crippen molar-refractivity contribution in [2.75, 3.05) is 26.7 Å². The van der Waals surface area contributed by atoms with E-state index in [0.29, 0.717) is 19.6 Å². The molecule has 7 heteroatoms. The Morgan fingerprint density at radius 3 is 2.48 bits per heavy atom. The van der Waals surface area contributed by atoms with E-state index in [4.69, 9.17) is 10.5 Å². The number of methoxy groups -OCH3 is 1. The van der Waals surface area contributed by atoms with Crippen molar-refractivity contribution < 1.29 is 18.7 Å². The highest BCUT2D eigenvalue weighted by atomic mass is 35.5. The molecule has 5 nitrogen and oxygen atoms in total. The molecule has 1 fully saturated rings. The number of likely N-dealkylation sites (tertiary alicyclic amines) is 1. The van der Waals surface area contributed by atoms with Crippen LogP contribution in [-0.2, 0) is 4.79 Å². The Balaban J connectivity index is 0.00000300.